The third-order valence-corrected chi connectivity index (χ3v) is 2.70. The molecule has 1 aromatic carbocycles. The molecule has 1 aromatic rings. The van der Waals surface area contributed by atoms with Crippen LogP contribution in [0.1, 0.15) is 5.56 Å². The fourth-order valence-corrected chi connectivity index (χ4v) is 1.74. The molecule has 0 atom stereocenters. The van der Waals surface area contributed by atoms with E-state index in [1.807, 2.05) is 6.07 Å². The molecule has 0 radical (unpaired) electrons. The lowest BCUT2D eigenvalue weighted by molar-refractivity contribution is 0.203. The van der Waals surface area contributed by atoms with Crippen molar-refractivity contribution in [2.24, 2.45) is 0 Å². The first-order valence-corrected chi connectivity index (χ1v) is 5.66. The monoisotopic (exact) mass is 246 g/mol. The highest BCUT2D eigenvalue weighted by Gasteiger charge is 2.18. The van der Waals surface area contributed by atoms with E-state index in [9.17, 15) is 4.79 Å². The maximum Gasteiger partial charge on any atom is 0.317 e. The summed E-state index contributed by atoms with van der Waals surface area (Å²) in [4.78, 5) is 12.9. The fourth-order valence-electron chi connectivity index (χ4n) is 1.74. The minimum absolute atomic E-state index is 0.0635. The minimum Gasteiger partial charge on any atom is -0.490 e. The Morgan fingerprint density at radius 1 is 1.56 bits per heavy atom. The summed E-state index contributed by atoms with van der Waals surface area (Å²) in [6.45, 7) is 2.28. The largest absolute Gasteiger partial charge is 0.490 e. The molecule has 2 rings (SSSR count). The van der Waals surface area contributed by atoms with Crippen LogP contribution in [0.5, 0.6) is 5.75 Å². The van der Waals surface area contributed by atoms with Crippen LogP contribution >= 0.6 is 0 Å². The lowest BCUT2D eigenvalue weighted by atomic mass is 10.2. The molecule has 6 nitrogen and oxygen atoms in total. The Kier molecular flexibility index (Phi) is 3.53. The molecule has 0 bridgehead atoms. The summed E-state index contributed by atoms with van der Waals surface area (Å²) in [7, 11) is 0. The average molecular weight is 246 g/mol. The summed E-state index contributed by atoms with van der Waals surface area (Å²) in [5.41, 5.74) is 6.68. The van der Waals surface area contributed by atoms with Crippen molar-refractivity contribution in [2.45, 2.75) is 0 Å². The Morgan fingerprint density at radius 2 is 2.39 bits per heavy atom. The average Bonchev–Trinajstić information content (AvgIpc) is 2.77. The molecule has 0 aliphatic carbocycles. The third kappa shape index (κ3) is 2.63. The molecule has 1 fully saturated rings. The number of benzene rings is 1. The molecule has 3 N–H and O–H groups in total. The van der Waals surface area contributed by atoms with Crippen molar-refractivity contribution >= 4 is 11.7 Å². The van der Waals surface area contributed by atoms with Crippen molar-refractivity contribution in [3.8, 4) is 11.8 Å². The zero-order valence-corrected chi connectivity index (χ0v) is 9.85. The minimum atomic E-state index is -0.0635. The molecule has 18 heavy (non-hydrogen) atoms. The smallest absolute Gasteiger partial charge is 0.317 e. The van der Waals surface area contributed by atoms with Crippen LogP contribution in [-0.2, 0) is 0 Å². The second-order valence-electron chi connectivity index (χ2n) is 3.93. The van der Waals surface area contributed by atoms with Crippen LogP contribution in [-0.4, -0.2) is 37.2 Å². The highest BCUT2D eigenvalue weighted by atomic mass is 16.5. The summed E-state index contributed by atoms with van der Waals surface area (Å²) in [5.74, 6) is 0.536. The number of hydrogen-bond donors (Lipinski definition) is 2. The summed E-state index contributed by atoms with van der Waals surface area (Å²) < 4.78 is 5.49. The number of ether oxygens (including phenoxy) is 1. The molecular weight excluding hydrogens is 232 g/mol. The lowest BCUT2D eigenvalue weighted by Gasteiger charge is -2.15. The number of nitriles is 1. The van der Waals surface area contributed by atoms with E-state index in [0.717, 1.165) is 0 Å². The van der Waals surface area contributed by atoms with Gasteiger partial charge in [0.15, 0.2) is 0 Å². The van der Waals surface area contributed by atoms with Gasteiger partial charge in [0.1, 0.15) is 12.4 Å². The van der Waals surface area contributed by atoms with E-state index in [-0.39, 0.29) is 6.03 Å². The Bertz CT molecular complexity index is 495. The molecule has 1 aliphatic rings. The van der Waals surface area contributed by atoms with Crippen molar-refractivity contribution < 1.29 is 9.53 Å². The van der Waals surface area contributed by atoms with Gasteiger partial charge in [-0.3, -0.25) is 0 Å². The highest BCUT2D eigenvalue weighted by molar-refractivity contribution is 5.76. The summed E-state index contributed by atoms with van der Waals surface area (Å²) in [6.07, 6.45) is 0. The van der Waals surface area contributed by atoms with Gasteiger partial charge in [0.05, 0.1) is 23.9 Å². The molecule has 94 valence electrons. The number of rotatable bonds is 4. The maximum atomic E-state index is 11.3. The normalized spacial score (nSPS) is 14.2. The highest BCUT2D eigenvalue weighted by Crippen LogP contribution is 2.22. The number of nitrogen functional groups attached to an aromatic ring is 1. The number of nitrogens with zero attached hydrogens (tertiary/aromatic N) is 2. The van der Waals surface area contributed by atoms with Crippen molar-refractivity contribution in [2.75, 3.05) is 32.0 Å². The van der Waals surface area contributed by atoms with Crippen LogP contribution in [0.3, 0.4) is 0 Å². The lowest BCUT2D eigenvalue weighted by Crippen LogP contribution is -2.31. The van der Waals surface area contributed by atoms with Crippen molar-refractivity contribution in [3.63, 3.8) is 0 Å². The number of carbonyl (C=O) groups is 1. The second kappa shape index (κ2) is 5.27. The maximum absolute atomic E-state index is 11.3. The van der Waals surface area contributed by atoms with Gasteiger partial charge in [-0.25, -0.2) is 4.79 Å². The number of anilines is 1. The SMILES string of the molecule is N#Cc1ccc(OCCN2CCNC2=O)c(N)c1. The standard InChI is InChI=1S/C12H14N4O2/c13-8-9-1-2-11(10(14)7-9)18-6-5-16-4-3-15-12(16)17/h1-2,7H,3-6,14H2,(H,15,17). The van der Waals surface area contributed by atoms with E-state index in [2.05, 4.69) is 5.32 Å². The van der Waals surface area contributed by atoms with Gasteiger partial charge in [-0.2, -0.15) is 5.26 Å². The molecule has 1 heterocycles. The van der Waals surface area contributed by atoms with Gasteiger partial charge >= 0.3 is 6.03 Å². The van der Waals surface area contributed by atoms with Gasteiger partial charge in [-0.15, -0.1) is 0 Å². The number of hydrogen-bond acceptors (Lipinski definition) is 4. The van der Waals surface area contributed by atoms with Gasteiger partial charge in [-0.05, 0) is 18.2 Å². The molecule has 1 saturated heterocycles. The summed E-state index contributed by atoms with van der Waals surface area (Å²) in [5, 5.41) is 11.4. The second-order valence-corrected chi connectivity index (χ2v) is 3.93. The van der Waals surface area contributed by atoms with Crippen LogP contribution in [0.4, 0.5) is 10.5 Å². The first-order chi connectivity index (χ1) is 8.70. The molecule has 0 saturated carbocycles. The van der Waals surface area contributed by atoms with Gasteiger partial charge < -0.3 is 20.7 Å². The molecule has 6 heteroatoms. The van der Waals surface area contributed by atoms with Gasteiger partial charge in [0.25, 0.3) is 0 Å². The summed E-state index contributed by atoms with van der Waals surface area (Å²) >= 11 is 0. The van der Waals surface area contributed by atoms with Gasteiger partial charge in [0.2, 0.25) is 0 Å². The summed E-state index contributed by atoms with van der Waals surface area (Å²) in [6, 6.07) is 6.82. The molecule has 0 aromatic heterocycles. The van der Waals surface area contributed by atoms with Crippen LogP contribution in [0.15, 0.2) is 18.2 Å². The van der Waals surface area contributed by atoms with Crippen LogP contribution < -0.4 is 15.8 Å². The molecule has 0 spiro atoms. The molecule has 2 amide bonds. The predicted octanol–water partition coefficient (Wildman–Crippen LogP) is 0.544. The molecule has 0 unspecified atom stereocenters. The zero-order valence-electron chi connectivity index (χ0n) is 9.85. The van der Waals surface area contributed by atoms with Crippen LogP contribution in [0.2, 0.25) is 0 Å². The van der Waals surface area contributed by atoms with Gasteiger partial charge in [0, 0.05) is 13.1 Å². The number of amides is 2. The van der Waals surface area contributed by atoms with E-state index < -0.39 is 0 Å². The van der Waals surface area contributed by atoms with E-state index >= 15 is 0 Å². The Labute approximate surface area is 105 Å². The first kappa shape index (κ1) is 12.0. The molecule has 1 aliphatic heterocycles. The van der Waals surface area contributed by atoms with E-state index in [0.29, 0.717) is 43.2 Å². The van der Waals surface area contributed by atoms with E-state index in [1.54, 1.807) is 23.1 Å². The van der Waals surface area contributed by atoms with Crippen molar-refractivity contribution in [3.05, 3.63) is 23.8 Å². The third-order valence-electron chi connectivity index (χ3n) is 2.70. The van der Waals surface area contributed by atoms with E-state index in [1.165, 1.54) is 0 Å². The predicted molar refractivity (Wildman–Crippen MR) is 66.0 cm³/mol. The van der Waals surface area contributed by atoms with Crippen LogP contribution in [0.25, 0.3) is 0 Å². The first-order valence-electron chi connectivity index (χ1n) is 5.66. The Balaban J connectivity index is 1.87. The van der Waals surface area contributed by atoms with Crippen molar-refractivity contribution in [1.82, 2.24) is 10.2 Å². The van der Waals surface area contributed by atoms with Crippen LogP contribution in [0, 0.1) is 11.3 Å². The number of nitrogens with one attached hydrogen (secondary N) is 1. The fraction of sp³-hybridized carbons (Fsp3) is 0.333. The number of carbonyl (C=O) groups excluding carboxylic acids is 1. The molecular formula is C12H14N4O2. The Morgan fingerprint density at radius 3 is 3.00 bits per heavy atom. The number of nitrogens with two attached hydrogens (primary N) is 1. The van der Waals surface area contributed by atoms with E-state index in [4.69, 9.17) is 15.7 Å². The number of urea groups is 1. The quantitative estimate of drug-likeness (QED) is 0.759. The zero-order chi connectivity index (χ0) is 13.0. The van der Waals surface area contributed by atoms with Crippen molar-refractivity contribution in [1.29, 1.82) is 5.26 Å². The van der Waals surface area contributed by atoms with Gasteiger partial charge in [-0.1, -0.05) is 0 Å². The Hall–Kier alpha value is -2.42. The topological polar surface area (TPSA) is 91.4 Å².